The van der Waals surface area contributed by atoms with E-state index in [0.29, 0.717) is 0 Å². The van der Waals surface area contributed by atoms with E-state index in [1.165, 1.54) is 11.1 Å². The molecule has 5 aromatic rings. The van der Waals surface area contributed by atoms with Crippen molar-refractivity contribution in [3.63, 3.8) is 0 Å². The van der Waals surface area contributed by atoms with Crippen LogP contribution in [0.2, 0.25) is 0 Å². The van der Waals surface area contributed by atoms with Crippen molar-refractivity contribution in [1.82, 2.24) is 9.97 Å². The molecular formula is C24H15N2. The summed E-state index contributed by atoms with van der Waals surface area (Å²) in [4.78, 5) is 8.79. The number of aromatic nitrogens is 2. The highest BCUT2D eigenvalue weighted by atomic mass is 14.6. The van der Waals surface area contributed by atoms with E-state index in [2.05, 4.69) is 76.7 Å². The van der Waals surface area contributed by atoms with Crippen molar-refractivity contribution >= 4 is 21.8 Å². The molecule has 2 aromatic heterocycles. The summed E-state index contributed by atoms with van der Waals surface area (Å²) in [7, 11) is 0. The molecule has 5 rings (SSSR count). The average Bonchev–Trinajstić information content (AvgIpc) is 2.73. The minimum atomic E-state index is 1.01. The van der Waals surface area contributed by atoms with Crippen LogP contribution in [-0.2, 0) is 0 Å². The van der Waals surface area contributed by atoms with Crippen molar-refractivity contribution in [2.75, 3.05) is 0 Å². The lowest BCUT2D eigenvalue weighted by molar-refractivity contribution is 1.41. The predicted molar refractivity (Wildman–Crippen MR) is 107 cm³/mol. The Morgan fingerprint density at radius 1 is 0.577 bits per heavy atom. The number of hydrogen-bond donors (Lipinski definition) is 0. The summed E-state index contributed by atoms with van der Waals surface area (Å²) in [6.07, 6.45) is 3.65. The van der Waals surface area contributed by atoms with Crippen LogP contribution in [0.25, 0.3) is 44.1 Å². The van der Waals surface area contributed by atoms with E-state index in [9.17, 15) is 0 Å². The van der Waals surface area contributed by atoms with Gasteiger partial charge in [0, 0.05) is 23.2 Å². The summed E-state index contributed by atoms with van der Waals surface area (Å²) >= 11 is 0. The van der Waals surface area contributed by atoms with Gasteiger partial charge in [-0.15, -0.1) is 0 Å². The van der Waals surface area contributed by atoms with Crippen LogP contribution in [0, 0.1) is 6.07 Å². The largest absolute Gasteiger partial charge is 0.256 e. The van der Waals surface area contributed by atoms with Crippen molar-refractivity contribution < 1.29 is 0 Å². The zero-order valence-electron chi connectivity index (χ0n) is 14.1. The topological polar surface area (TPSA) is 25.8 Å². The van der Waals surface area contributed by atoms with Crippen LogP contribution < -0.4 is 0 Å². The molecule has 1 radical (unpaired) electrons. The molecule has 0 atom stereocenters. The SMILES string of the molecule is [c]1ccc(-c2ccc3ncccc3c2)cc1-c1ccc2ncccc2c1. The molecular weight excluding hydrogens is 316 g/mol. The molecule has 3 aromatic carbocycles. The monoisotopic (exact) mass is 331 g/mol. The van der Waals surface area contributed by atoms with E-state index in [1.54, 1.807) is 0 Å². The van der Waals surface area contributed by atoms with Crippen molar-refractivity contribution in [2.45, 2.75) is 0 Å². The Kier molecular flexibility index (Phi) is 3.46. The van der Waals surface area contributed by atoms with Gasteiger partial charge in [0.2, 0.25) is 0 Å². The Morgan fingerprint density at radius 3 is 1.92 bits per heavy atom. The Balaban J connectivity index is 1.60. The van der Waals surface area contributed by atoms with Gasteiger partial charge in [0.25, 0.3) is 0 Å². The van der Waals surface area contributed by atoms with Gasteiger partial charge in [0.1, 0.15) is 0 Å². The molecule has 0 aliphatic carbocycles. The first-order chi connectivity index (χ1) is 12.9. The minimum Gasteiger partial charge on any atom is -0.256 e. The van der Waals surface area contributed by atoms with Gasteiger partial charge in [-0.3, -0.25) is 9.97 Å². The summed E-state index contributed by atoms with van der Waals surface area (Å²) in [5.41, 5.74) is 6.61. The summed E-state index contributed by atoms with van der Waals surface area (Å²) < 4.78 is 0. The van der Waals surface area contributed by atoms with Crippen LogP contribution in [0.3, 0.4) is 0 Å². The third-order valence-corrected chi connectivity index (χ3v) is 4.65. The van der Waals surface area contributed by atoms with Gasteiger partial charge in [-0.2, -0.15) is 0 Å². The van der Waals surface area contributed by atoms with Crippen LogP contribution in [0.4, 0.5) is 0 Å². The number of hydrogen-bond acceptors (Lipinski definition) is 2. The zero-order valence-corrected chi connectivity index (χ0v) is 14.1. The first kappa shape index (κ1) is 14.8. The summed E-state index contributed by atoms with van der Waals surface area (Å²) in [6.45, 7) is 0. The third-order valence-electron chi connectivity index (χ3n) is 4.65. The van der Waals surface area contributed by atoms with E-state index in [4.69, 9.17) is 0 Å². The number of nitrogens with zero attached hydrogens (tertiary/aromatic N) is 2. The van der Waals surface area contributed by atoms with Crippen LogP contribution in [0.1, 0.15) is 0 Å². The highest BCUT2D eigenvalue weighted by molar-refractivity contribution is 5.87. The fraction of sp³-hybridized carbons (Fsp3) is 0. The Labute approximate surface area is 151 Å². The maximum Gasteiger partial charge on any atom is 0.0702 e. The van der Waals surface area contributed by atoms with Crippen LogP contribution in [-0.4, -0.2) is 9.97 Å². The van der Waals surface area contributed by atoms with Gasteiger partial charge in [0.05, 0.1) is 11.0 Å². The van der Waals surface area contributed by atoms with Gasteiger partial charge < -0.3 is 0 Å². The standard InChI is InChI=1S/C24H15N2/c1-4-17(19-8-10-23-21(15-19)6-2-12-25-23)14-18(5-1)20-9-11-24-22(16-20)7-3-13-26-24/h1-4,6-16H. The van der Waals surface area contributed by atoms with Gasteiger partial charge in [-0.05, 0) is 70.8 Å². The highest BCUT2D eigenvalue weighted by Gasteiger charge is 2.05. The van der Waals surface area contributed by atoms with Crippen molar-refractivity contribution in [1.29, 1.82) is 0 Å². The molecule has 0 spiro atoms. The smallest absolute Gasteiger partial charge is 0.0702 e. The molecule has 121 valence electrons. The number of benzene rings is 3. The lowest BCUT2D eigenvalue weighted by atomic mass is 9.97. The predicted octanol–water partition coefficient (Wildman–Crippen LogP) is 5.92. The van der Waals surface area contributed by atoms with E-state index in [1.807, 2.05) is 30.6 Å². The fourth-order valence-electron chi connectivity index (χ4n) is 3.31. The Morgan fingerprint density at radius 2 is 1.19 bits per heavy atom. The molecule has 0 amide bonds. The van der Waals surface area contributed by atoms with Gasteiger partial charge >= 0.3 is 0 Å². The molecule has 0 bridgehead atoms. The van der Waals surface area contributed by atoms with E-state index in [-0.39, 0.29) is 0 Å². The van der Waals surface area contributed by atoms with E-state index < -0.39 is 0 Å². The number of fused-ring (bicyclic) bond motifs is 2. The van der Waals surface area contributed by atoms with E-state index in [0.717, 1.165) is 32.9 Å². The van der Waals surface area contributed by atoms with Gasteiger partial charge in [0.15, 0.2) is 0 Å². The molecule has 2 heteroatoms. The van der Waals surface area contributed by atoms with Crippen LogP contribution in [0.5, 0.6) is 0 Å². The molecule has 0 aliphatic rings. The minimum absolute atomic E-state index is 1.01. The van der Waals surface area contributed by atoms with Crippen molar-refractivity contribution in [3.8, 4) is 22.3 Å². The summed E-state index contributed by atoms with van der Waals surface area (Å²) in [5, 5.41) is 2.29. The fourth-order valence-corrected chi connectivity index (χ4v) is 3.31. The quantitative estimate of drug-likeness (QED) is 0.401. The molecule has 2 nitrogen and oxygen atoms in total. The Hall–Kier alpha value is -3.52. The molecule has 0 unspecified atom stereocenters. The summed E-state index contributed by atoms with van der Waals surface area (Å²) in [6, 6.07) is 30.5. The number of pyridine rings is 2. The molecule has 0 saturated carbocycles. The highest BCUT2D eigenvalue weighted by Crippen LogP contribution is 2.29. The van der Waals surface area contributed by atoms with E-state index >= 15 is 0 Å². The van der Waals surface area contributed by atoms with Crippen LogP contribution in [0.15, 0.2) is 91.3 Å². The maximum atomic E-state index is 4.40. The lowest BCUT2D eigenvalue weighted by Gasteiger charge is -2.08. The van der Waals surface area contributed by atoms with Crippen molar-refractivity contribution in [3.05, 3.63) is 97.3 Å². The number of rotatable bonds is 2. The zero-order chi connectivity index (χ0) is 17.3. The molecule has 0 aliphatic heterocycles. The molecule has 0 N–H and O–H groups in total. The normalized spacial score (nSPS) is 11.1. The second-order valence-electron chi connectivity index (χ2n) is 6.31. The van der Waals surface area contributed by atoms with Gasteiger partial charge in [-0.25, -0.2) is 0 Å². The second-order valence-corrected chi connectivity index (χ2v) is 6.31. The molecule has 2 heterocycles. The third kappa shape index (κ3) is 2.62. The van der Waals surface area contributed by atoms with Crippen LogP contribution >= 0.6 is 0 Å². The lowest BCUT2D eigenvalue weighted by Crippen LogP contribution is -1.84. The molecule has 0 fully saturated rings. The second kappa shape index (κ2) is 6.08. The molecule has 26 heavy (non-hydrogen) atoms. The maximum absolute atomic E-state index is 4.40. The van der Waals surface area contributed by atoms with Crippen molar-refractivity contribution in [2.24, 2.45) is 0 Å². The molecule has 0 saturated heterocycles. The first-order valence-corrected chi connectivity index (χ1v) is 8.59. The first-order valence-electron chi connectivity index (χ1n) is 8.59. The Bertz CT molecular complexity index is 1150. The summed E-state index contributed by atoms with van der Waals surface area (Å²) in [5.74, 6) is 0. The average molecular weight is 331 g/mol. The van der Waals surface area contributed by atoms with Gasteiger partial charge in [-0.1, -0.05) is 36.4 Å².